The smallest absolute Gasteiger partial charge is 0.317 e. The lowest BCUT2D eigenvalue weighted by Crippen LogP contribution is -2.47. The van der Waals surface area contributed by atoms with Crippen LogP contribution in [-0.2, 0) is 14.3 Å². The molecule has 1 fully saturated rings. The Balaban J connectivity index is 1.52. The van der Waals surface area contributed by atoms with Crippen LogP contribution in [0.15, 0.2) is 24.3 Å². The number of Topliss-reactive ketones (excluding diaryl/α,β-unsaturated/α-hetero) is 1. The van der Waals surface area contributed by atoms with Crippen LogP contribution in [0.3, 0.4) is 0 Å². The molecule has 0 spiro atoms. The molecule has 2 N–H and O–H groups in total. The summed E-state index contributed by atoms with van der Waals surface area (Å²) >= 11 is 0. The number of carbonyl (C=O) groups excluding carboxylic acids is 2. The second kappa shape index (κ2) is 12.9. The highest BCUT2D eigenvalue weighted by molar-refractivity contribution is 5.82. The summed E-state index contributed by atoms with van der Waals surface area (Å²) in [7, 11) is 1.62. The average Bonchev–Trinajstić information content (AvgIpc) is 2.73. The van der Waals surface area contributed by atoms with Crippen molar-refractivity contribution in [3.05, 3.63) is 24.3 Å². The maximum atomic E-state index is 11.9. The van der Waals surface area contributed by atoms with Gasteiger partial charge >= 0.3 is 6.03 Å². The number of morpholine rings is 1. The number of carbonyl (C=O) groups is 2. The number of ether oxygens (including phenoxy) is 4. The van der Waals surface area contributed by atoms with Crippen molar-refractivity contribution in [3.63, 3.8) is 0 Å². The summed E-state index contributed by atoms with van der Waals surface area (Å²) in [6, 6.07) is 6.97. The van der Waals surface area contributed by atoms with Crippen LogP contribution in [0.2, 0.25) is 0 Å². The van der Waals surface area contributed by atoms with E-state index in [1.165, 1.54) is 0 Å². The van der Waals surface area contributed by atoms with E-state index in [2.05, 4.69) is 10.6 Å². The van der Waals surface area contributed by atoms with E-state index in [4.69, 9.17) is 18.9 Å². The van der Waals surface area contributed by atoms with E-state index in [1.54, 1.807) is 36.3 Å². The molecule has 1 aromatic carbocycles. The summed E-state index contributed by atoms with van der Waals surface area (Å²) in [5, 5.41) is 5.81. The van der Waals surface area contributed by atoms with Gasteiger partial charge in [0, 0.05) is 33.3 Å². The first-order valence-electron chi connectivity index (χ1n) is 9.36. The number of hydrogen-bond donors (Lipinski definition) is 2. The van der Waals surface area contributed by atoms with E-state index >= 15 is 0 Å². The number of urea groups is 1. The van der Waals surface area contributed by atoms with Gasteiger partial charge in [-0.1, -0.05) is 0 Å². The van der Waals surface area contributed by atoms with Gasteiger partial charge in [-0.3, -0.25) is 4.79 Å². The molecule has 1 heterocycles. The maximum absolute atomic E-state index is 11.9. The van der Waals surface area contributed by atoms with Crippen LogP contribution < -0.4 is 20.1 Å². The molecule has 2 amide bonds. The van der Waals surface area contributed by atoms with Crippen LogP contribution in [0, 0.1) is 0 Å². The number of benzene rings is 1. The minimum Gasteiger partial charge on any atom is -0.491 e. The van der Waals surface area contributed by atoms with Crippen molar-refractivity contribution in [1.29, 1.82) is 0 Å². The van der Waals surface area contributed by atoms with Crippen LogP contribution in [-0.4, -0.2) is 89.6 Å². The summed E-state index contributed by atoms with van der Waals surface area (Å²) in [6.07, 6.45) is 0. The van der Waals surface area contributed by atoms with E-state index in [0.717, 1.165) is 5.75 Å². The molecule has 1 saturated heterocycles. The van der Waals surface area contributed by atoms with Crippen molar-refractivity contribution in [2.75, 3.05) is 72.9 Å². The highest BCUT2D eigenvalue weighted by atomic mass is 16.5. The van der Waals surface area contributed by atoms with Crippen LogP contribution in [0.25, 0.3) is 0 Å². The molecule has 1 aromatic rings. The van der Waals surface area contributed by atoms with Crippen molar-refractivity contribution in [2.45, 2.75) is 0 Å². The van der Waals surface area contributed by atoms with E-state index in [0.29, 0.717) is 58.4 Å². The van der Waals surface area contributed by atoms with E-state index in [-0.39, 0.29) is 25.0 Å². The number of ketones is 1. The number of rotatable bonds is 12. The third kappa shape index (κ3) is 8.55. The molecule has 0 aromatic heterocycles. The van der Waals surface area contributed by atoms with Crippen LogP contribution in [0.1, 0.15) is 0 Å². The summed E-state index contributed by atoms with van der Waals surface area (Å²) in [4.78, 5) is 25.5. The Labute approximate surface area is 165 Å². The zero-order valence-corrected chi connectivity index (χ0v) is 16.3. The summed E-state index contributed by atoms with van der Waals surface area (Å²) in [6.45, 7) is 4.50. The molecular weight excluding hydrogens is 366 g/mol. The average molecular weight is 395 g/mol. The lowest BCUT2D eigenvalue weighted by atomic mass is 10.3. The highest BCUT2D eigenvalue weighted by Crippen LogP contribution is 2.17. The molecule has 156 valence electrons. The quantitative estimate of drug-likeness (QED) is 0.491. The standard InChI is InChI=1S/C19H29N3O6/c1-25-12-13-27-17-2-4-18(5-3-17)28-15-16(23)14-20-6-7-21-19(24)22-8-10-26-11-9-22/h2-5,20H,6-15H2,1H3,(H,21,24). The van der Waals surface area contributed by atoms with Gasteiger partial charge in [-0.15, -0.1) is 0 Å². The zero-order valence-electron chi connectivity index (χ0n) is 16.3. The van der Waals surface area contributed by atoms with Gasteiger partial charge in [0.05, 0.1) is 26.4 Å². The van der Waals surface area contributed by atoms with Gasteiger partial charge in [0.25, 0.3) is 0 Å². The normalized spacial score (nSPS) is 13.8. The van der Waals surface area contributed by atoms with Crippen molar-refractivity contribution in [3.8, 4) is 11.5 Å². The number of methoxy groups -OCH3 is 1. The minimum absolute atomic E-state index is 0.0168. The van der Waals surface area contributed by atoms with Crippen molar-refractivity contribution in [2.24, 2.45) is 0 Å². The number of nitrogens with one attached hydrogen (secondary N) is 2. The molecule has 0 atom stereocenters. The Kier molecular flexibility index (Phi) is 10.1. The van der Waals surface area contributed by atoms with Gasteiger partial charge in [0.1, 0.15) is 24.7 Å². The molecule has 9 nitrogen and oxygen atoms in total. The fourth-order valence-electron chi connectivity index (χ4n) is 2.45. The Morgan fingerprint density at radius 3 is 2.39 bits per heavy atom. The number of nitrogens with zero attached hydrogens (tertiary/aromatic N) is 1. The van der Waals surface area contributed by atoms with E-state index < -0.39 is 0 Å². The minimum atomic E-state index is -0.102. The zero-order chi connectivity index (χ0) is 20.0. The predicted molar refractivity (Wildman–Crippen MR) is 103 cm³/mol. The fourth-order valence-corrected chi connectivity index (χ4v) is 2.45. The van der Waals surface area contributed by atoms with E-state index in [9.17, 15) is 9.59 Å². The lowest BCUT2D eigenvalue weighted by Gasteiger charge is -2.26. The van der Waals surface area contributed by atoms with Gasteiger partial charge in [-0.05, 0) is 24.3 Å². The topological polar surface area (TPSA) is 98.4 Å². The summed E-state index contributed by atoms with van der Waals surface area (Å²) < 4.78 is 21.1. The van der Waals surface area contributed by atoms with Crippen LogP contribution >= 0.6 is 0 Å². The third-order valence-electron chi connectivity index (χ3n) is 3.98. The van der Waals surface area contributed by atoms with Crippen molar-refractivity contribution >= 4 is 11.8 Å². The molecule has 1 aliphatic heterocycles. The van der Waals surface area contributed by atoms with Crippen LogP contribution in [0.4, 0.5) is 4.79 Å². The Hall–Kier alpha value is -2.36. The molecular formula is C19H29N3O6. The fraction of sp³-hybridized carbons (Fsp3) is 0.579. The molecule has 0 aliphatic carbocycles. The van der Waals surface area contributed by atoms with Gasteiger partial charge in [0.2, 0.25) is 0 Å². The highest BCUT2D eigenvalue weighted by Gasteiger charge is 2.15. The summed E-state index contributed by atoms with van der Waals surface area (Å²) in [5.74, 6) is 1.25. The molecule has 0 unspecified atom stereocenters. The molecule has 0 bridgehead atoms. The van der Waals surface area contributed by atoms with Gasteiger partial charge in [-0.25, -0.2) is 4.79 Å². The Morgan fingerprint density at radius 2 is 1.71 bits per heavy atom. The largest absolute Gasteiger partial charge is 0.491 e. The monoisotopic (exact) mass is 395 g/mol. The molecule has 1 aliphatic rings. The third-order valence-corrected chi connectivity index (χ3v) is 3.98. The van der Waals surface area contributed by atoms with Gasteiger partial charge in [0.15, 0.2) is 5.78 Å². The Morgan fingerprint density at radius 1 is 1.04 bits per heavy atom. The second-order valence-electron chi connectivity index (χ2n) is 6.15. The molecule has 0 saturated carbocycles. The van der Waals surface area contributed by atoms with E-state index in [1.807, 2.05) is 0 Å². The molecule has 0 radical (unpaired) electrons. The number of amides is 2. The first-order valence-corrected chi connectivity index (χ1v) is 9.36. The first kappa shape index (κ1) is 21.9. The molecule has 2 rings (SSSR count). The van der Waals surface area contributed by atoms with Gasteiger partial charge < -0.3 is 34.5 Å². The summed E-state index contributed by atoms with van der Waals surface area (Å²) in [5.41, 5.74) is 0. The first-order chi connectivity index (χ1) is 13.7. The number of hydrogen-bond acceptors (Lipinski definition) is 7. The van der Waals surface area contributed by atoms with Gasteiger partial charge in [-0.2, -0.15) is 0 Å². The van der Waals surface area contributed by atoms with Crippen molar-refractivity contribution < 1.29 is 28.5 Å². The SMILES string of the molecule is COCCOc1ccc(OCC(=O)CNCCNC(=O)N2CCOCC2)cc1. The van der Waals surface area contributed by atoms with Crippen LogP contribution in [0.5, 0.6) is 11.5 Å². The maximum Gasteiger partial charge on any atom is 0.317 e. The van der Waals surface area contributed by atoms with Crippen molar-refractivity contribution in [1.82, 2.24) is 15.5 Å². The molecule has 28 heavy (non-hydrogen) atoms. The second-order valence-corrected chi connectivity index (χ2v) is 6.15. The Bertz CT molecular complexity index is 590. The molecule has 9 heteroatoms. The predicted octanol–water partition coefficient (Wildman–Crippen LogP) is 0.291. The lowest BCUT2D eigenvalue weighted by molar-refractivity contribution is -0.120.